The van der Waals surface area contributed by atoms with Gasteiger partial charge in [0.05, 0.1) is 5.01 Å². The number of fused-ring (bicyclic) bond motifs is 1. The monoisotopic (exact) mass is 277 g/mol. The fourth-order valence-corrected chi connectivity index (χ4v) is 3.30. The number of aromatic nitrogens is 1. The van der Waals surface area contributed by atoms with Gasteiger partial charge < -0.3 is 5.73 Å². The van der Waals surface area contributed by atoms with Crippen molar-refractivity contribution in [2.45, 2.75) is 19.0 Å². The number of halogens is 1. The van der Waals surface area contributed by atoms with Crippen molar-refractivity contribution in [3.63, 3.8) is 0 Å². The van der Waals surface area contributed by atoms with Gasteiger partial charge in [-0.3, -0.25) is 4.90 Å². The molecule has 1 aromatic carbocycles. The van der Waals surface area contributed by atoms with Crippen LogP contribution in [0.3, 0.4) is 0 Å². The molecule has 0 radical (unpaired) electrons. The average Bonchev–Trinajstić information content (AvgIpc) is 3.03. The van der Waals surface area contributed by atoms with Gasteiger partial charge in [0.2, 0.25) is 0 Å². The molecule has 5 heteroatoms. The lowest BCUT2D eigenvalue weighted by Crippen LogP contribution is -2.29. The number of nitrogens with zero attached hydrogens (tertiary/aromatic N) is 2. The van der Waals surface area contributed by atoms with E-state index < -0.39 is 0 Å². The summed E-state index contributed by atoms with van der Waals surface area (Å²) in [7, 11) is 0. The molecular weight excluding hydrogens is 261 g/mol. The Kier molecular flexibility index (Phi) is 3.59. The predicted octanol–water partition coefficient (Wildman–Crippen LogP) is 2.34. The van der Waals surface area contributed by atoms with Crippen LogP contribution in [0, 0.1) is 5.82 Å². The van der Waals surface area contributed by atoms with Gasteiger partial charge in [0.25, 0.3) is 0 Å². The van der Waals surface area contributed by atoms with Crippen LogP contribution >= 0.6 is 11.3 Å². The molecule has 1 aliphatic rings. The van der Waals surface area contributed by atoms with Gasteiger partial charge in [-0.05, 0) is 11.6 Å². The van der Waals surface area contributed by atoms with Crippen molar-refractivity contribution in [2.75, 3.05) is 13.1 Å². The van der Waals surface area contributed by atoms with Crippen LogP contribution in [-0.4, -0.2) is 23.0 Å². The van der Waals surface area contributed by atoms with Crippen LogP contribution in [0.25, 0.3) is 0 Å². The smallest absolute Gasteiger partial charge is 0.128 e. The van der Waals surface area contributed by atoms with Gasteiger partial charge >= 0.3 is 0 Å². The zero-order chi connectivity index (χ0) is 13.2. The van der Waals surface area contributed by atoms with E-state index >= 15 is 0 Å². The maximum absolute atomic E-state index is 13.8. The highest BCUT2D eigenvalue weighted by molar-refractivity contribution is 7.09. The highest BCUT2D eigenvalue weighted by atomic mass is 32.1. The Morgan fingerprint density at radius 2 is 2.37 bits per heavy atom. The van der Waals surface area contributed by atoms with Gasteiger partial charge in [-0.1, -0.05) is 12.1 Å². The summed E-state index contributed by atoms with van der Waals surface area (Å²) < 4.78 is 13.8. The van der Waals surface area contributed by atoms with Crippen molar-refractivity contribution in [1.29, 1.82) is 0 Å². The summed E-state index contributed by atoms with van der Waals surface area (Å²) in [4.78, 5) is 6.53. The zero-order valence-electron chi connectivity index (χ0n) is 10.6. The minimum atomic E-state index is -0.118. The lowest BCUT2D eigenvalue weighted by molar-refractivity contribution is 0.222. The third-order valence-electron chi connectivity index (χ3n) is 3.64. The topological polar surface area (TPSA) is 42.1 Å². The molecule has 3 nitrogen and oxygen atoms in total. The molecule has 0 saturated heterocycles. The number of thiazole rings is 1. The molecule has 0 fully saturated rings. The van der Waals surface area contributed by atoms with Gasteiger partial charge in [-0.15, -0.1) is 11.3 Å². The molecule has 0 aliphatic carbocycles. The average molecular weight is 277 g/mol. The number of rotatable bonds is 4. The molecule has 2 heterocycles. The molecule has 100 valence electrons. The molecule has 0 spiro atoms. The predicted molar refractivity (Wildman–Crippen MR) is 74.4 cm³/mol. The minimum absolute atomic E-state index is 0.118. The van der Waals surface area contributed by atoms with E-state index in [1.807, 2.05) is 17.6 Å². The molecular formula is C14H16FN3S. The highest BCUT2D eigenvalue weighted by Crippen LogP contribution is 2.34. The highest BCUT2D eigenvalue weighted by Gasteiger charge is 2.30. The van der Waals surface area contributed by atoms with Gasteiger partial charge in [-0.2, -0.15) is 0 Å². The fraction of sp³-hybridized carbons (Fsp3) is 0.357. The van der Waals surface area contributed by atoms with E-state index in [1.54, 1.807) is 17.4 Å². The summed E-state index contributed by atoms with van der Waals surface area (Å²) in [5.41, 5.74) is 7.71. The van der Waals surface area contributed by atoms with Gasteiger partial charge in [-0.25, -0.2) is 9.37 Å². The Morgan fingerprint density at radius 1 is 1.47 bits per heavy atom. The van der Waals surface area contributed by atoms with E-state index in [-0.39, 0.29) is 11.9 Å². The summed E-state index contributed by atoms with van der Waals surface area (Å²) in [6, 6.07) is 5.41. The van der Waals surface area contributed by atoms with Crippen LogP contribution in [0.5, 0.6) is 0 Å². The Labute approximate surface area is 115 Å². The van der Waals surface area contributed by atoms with Crippen molar-refractivity contribution in [2.24, 2.45) is 5.73 Å². The number of hydrogen-bond acceptors (Lipinski definition) is 4. The summed E-state index contributed by atoms with van der Waals surface area (Å²) in [5.74, 6) is -0.118. The first-order valence-electron chi connectivity index (χ1n) is 6.39. The van der Waals surface area contributed by atoms with Crippen LogP contribution < -0.4 is 5.73 Å². The maximum Gasteiger partial charge on any atom is 0.128 e. The Bertz CT molecular complexity index is 556. The van der Waals surface area contributed by atoms with Crippen molar-refractivity contribution in [3.8, 4) is 0 Å². The van der Waals surface area contributed by atoms with Crippen molar-refractivity contribution < 1.29 is 4.39 Å². The molecule has 19 heavy (non-hydrogen) atoms. The van der Waals surface area contributed by atoms with E-state index in [9.17, 15) is 4.39 Å². The normalized spacial score (nSPS) is 18.7. The van der Waals surface area contributed by atoms with Crippen molar-refractivity contribution >= 4 is 11.3 Å². The maximum atomic E-state index is 13.8. The van der Waals surface area contributed by atoms with E-state index in [1.165, 1.54) is 6.07 Å². The van der Waals surface area contributed by atoms with E-state index in [4.69, 9.17) is 5.73 Å². The minimum Gasteiger partial charge on any atom is -0.329 e. The first-order valence-corrected chi connectivity index (χ1v) is 7.27. The lowest BCUT2D eigenvalue weighted by Gasteiger charge is -2.23. The van der Waals surface area contributed by atoms with Crippen LogP contribution in [0.2, 0.25) is 0 Å². The van der Waals surface area contributed by atoms with Crippen molar-refractivity contribution in [1.82, 2.24) is 9.88 Å². The molecule has 0 amide bonds. The second kappa shape index (κ2) is 5.36. The van der Waals surface area contributed by atoms with E-state index in [0.717, 1.165) is 29.1 Å². The molecule has 0 saturated carbocycles. The molecule has 1 aromatic heterocycles. The van der Waals surface area contributed by atoms with E-state index in [0.29, 0.717) is 13.1 Å². The molecule has 0 bridgehead atoms. The van der Waals surface area contributed by atoms with Gasteiger partial charge in [0.15, 0.2) is 0 Å². The molecule has 1 aliphatic heterocycles. The molecule has 2 aromatic rings. The first-order chi connectivity index (χ1) is 9.29. The summed E-state index contributed by atoms with van der Waals surface area (Å²) in [5, 5.41) is 3.10. The lowest BCUT2D eigenvalue weighted by atomic mass is 10.0. The summed E-state index contributed by atoms with van der Waals surface area (Å²) >= 11 is 1.66. The zero-order valence-corrected chi connectivity index (χ0v) is 11.4. The largest absolute Gasteiger partial charge is 0.329 e. The fourth-order valence-electron chi connectivity index (χ4n) is 2.69. The number of hydrogen-bond donors (Lipinski definition) is 1. The van der Waals surface area contributed by atoms with Crippen LogP contribution in [0.1, 0.15) is 22.2 Å². The van der Waals surface area contributed by atoms with Gasteiger partial charge in [0, 0.05) is 49.2 Å². The summed E-state index contributed by atoms with van der Waals surface area (Å²) in [6.45, 7) is 2.03. The molecule has 1 unspecified atom stereocenters. The Balaban J connectivity index is 1.76. The number of nitrogens with two attached hydrogens (primary N) is 1. The molecule has 1 atom stereocenters. The second-order valence-electron chi connectivity index (χ2n) is 4.71. The molecule has 2 N–H and O–H groups in total. The Hall–Kier alpha value is -1.30. The van der Waals surface area contributed by atoms with Crippen LogP contribution in [0.4, 0.5) is 4.39 Å². The first kappa shape index (κ1) is 12.7. The van der Waals surface area contributed by atoms with Crippen LogP contribution in [0.15, 0.2) is 29.8 Å². The third-order valence-corrected chi connectivity index (χ3v) is 4.48. The quantitative estimate of drug-likeness (QED) is 0.932. The number of benzene rings is 1. The van der Waals surface area contributed by atoms with Crippen molar-refractivity contribution in [3.05, 3.63) is 51.7 Å². The molecule has 3 rings (SSSR count). The third kappa shape index (κ3) is 2.41. The second-order valence-corrected chi connectivity index (χ2v) is 5.68. The van der Waals surface area contributed by atoms with E-state index in [2.05, 4.69) is 9.88 Å². The Morgan fingerprint density at radius 3 is 3.11 bits per heavy atom. The SMILES string of the molecule is NCC1c2cccc(F)c2CN1CCc1nccs1. The van der Waals surface area contributed by atoms with Crippen LogP contribution in [-0.2, 0) is 13.0 Å². The van der Waals surface area contributed by atoms with Gasteiger partial charge in [0.1, 0.15) is 5.82 Å². The summed E-state index contributed by atoms with van der Waals surface area (Å²) in [6.07, 6.45) is 2.71. The standard InChI is InChI=1S/C14H16FN3S/c15-12-3-1-2-10-11(12)9-18(13(10)8-16)6-4-14-17-5-7-19-14/h1-3,5,7,13H,4,6,8-9,16H2.